The molecule has 0 bridgehead atoms. The van der Waals surface area contributed by atoms with Gasteiger partial charge in [-0.05, 0) is 22.6 Å². The normalized spacial score (nSPS) is 19.1. The van der Waals surface area contributed by atoms with Crippen molar-refractivity contribution < 1.29 is 22.8 Å². The Morgan fingerprint density at radius 3 is 2.31 bits per heavy atom. The number of nitrogens with zero attached hydrogens (tertiary/aromatic N) is 1. The molecule has 3 rings (SSSR count). The maximum absolute atomic E-state index is 13.3. The fourth-order valence-electron chi connectivity index (χ4n) is 4.04. The summed E-state index contributed by atoms with van der Waals surface area (Å²) in [6, 6.07) is 14.5. The van der Waals surface area contributed by atoms with Crippen LogP contribution in [-0.2, 0) is 22.3 Å². The number of carbonyl (C=O) groups is 2. The lowest BCUT2D eigenvalue weighted by Gasteiger charge is -2.23. The van der Waals surface area contributed by atoms with Gasteiger partial charge < -0.3 is 10.2 Å². The van der Waals surface area contributed by atoms with Crippen LogP contribution >= 0.6 is 0 Å². The van der Waals surface area contributed by atoms with Crippen LogP contribution < -0.4 is 5.32 Å². The number of carbonyl (C=O) groups excluding carboxylic acids is 2. The van der Waals surface area contributed by atoms with Gasteiger partial charge in [-0.3, -0.25) is 9.59 Å². The summed E-state index contributed by atoms with van der Waals surface area (Å²) in [5, 5.41) is 2.89. The van der Waals surface area contributed by atoms with E-state index in [0.29, 0.717) is 18.5 Å². The van der Waals surface area contributed by atoms with Crippen LogP contribution in [0.3, 0.4) is 0 Å². The molecule has 1 N–H and O–H groups in total. The molecular formula is C25H29F3N2O2. The molecule has 1 aliphatic rings. The topological polar surface area (TPSA) is 49.4 Å². The van der Waals surface area contributed by atoms with Crippen molar-refractivity contribution in [3.63, 3.8) is 0 Å². The van der Waals surface area contributed by atoms with Crippen molar-refractivity contribution in [3.05, 3.63) is 71.3 Å². The van der Waals surface area contributed by atoms with Gasteiger partial charge in [-0.1, -0.05) is 69.3 Å². The van der Waals surface area contributed by atoms with Crippen molar-refractivity contribution in [2.24, 2.45) is 11.3 Å². The molecule has 0 aliphatic carbocycles. The number of benzene rings is 2. The Bertz CT molecular complexity index is 952. The summed E-state index contributed by atoms with van der Waals surface area (Å²) in [5.74, 6) is -1.47. The van der Waals surface area contributed by atoms with E-state index in [1.165, 1.54) is 6.07 Å². The van der Waals surface area contributed by atoms with E-state index in [0.717, 1.165) is 17.7 Å². The summed E-state index contributed by atoms with van der Waals surface area (Å²) in [6.45, 7) is 6.59. The molecular weight excluding hydrogens is 417 g/mol. The number of likely N-dealkylation sites (tertiary alicyclic amines) is 1. The summed E-state index contributed by atoms with van der Waals surface area (Å²) in [5.41, 5.74) is 0.370. The van der Waals surface area contributed by atoms with E-state index in [4.69, 9.17) is 0 Å². The molecule has 32 heavy (non-hydrogen) atoms. The Balaban J connectivity index is 1.83. The van der Waals surface area contributed by atoms with Crippen LogP contribution in [0.15, 0.2) is 54.6 Å². The SMILES string of the molecule is CC(C)(C)CC(=O)N1C[C@H](C(=O)NCc2ccccc2)[C@H](c2cccc(C(F)(F)F)c2)C1. The fraction of sp³-hybridized carbons (Fsp3) is 0.440. The molecule has 4 nitrogen and oxygen atoms in total. The third kappa shape index (κ3) is 6.11. The molecule has 172 valence electrons. The van der Waals surface area contributed by atoms with Gasteiger partial charge in [0.2, 0.25) is 11.8 Å². The van der Waals surface area contributed by atoms with Gasteiger partial charge in [-0.15, -0.1) is 0 Å². The largest absolute Gasteiger partial charge is 0.416 e. The lowest BCUT2D eigenvalue weighted by Crippen LogP contribution is -2.36. The Morgan fingerprint density at radius 2 is 1.69 bits per heavy atom. The van der Waals surface area contributed by atoms with Crippen molar-refractivity contribution in [2.45, 2.75) is 45.8 Å². The van der Waals surface area contributed by atoms with E-state index in [1.807, 2.05) is 51.1 Å². The summed E-state index contributed by atoms with van der Waals surface area (Å²) < 4.78 is 39.8. The average Bonchev–Trinajstić information content (AvgIpc) is 3.17. The molecule has 0 saturated carbocycles. The van der Waals surface area contributed by atoms with Crippen LogP contribution in [-0.4, -0.2) is 29.8 Å². The predicted molar refractivity (Wildman–Crippen MR) is 117 cm³/mol. The van der Waals surface area contributed by atoms with Crippen LogP contribution in [0.4, 0.5) is 13.2 Å². The molecule has 2 aromatic carbocycles. The van der Waals surface area contributed by atoms with Gasteiger partial charge >= 0.3 is 6.18 Å². The molecule has 1 heterocycles. The standard InChI is InChI=1S/C25H29F3N2O2/c1-24(2,3)13-22(31)30-15-20(18-10-7-11-19(12-18)25(26,27)28)21(16-30)23(32)29-14-17-8-5-4-6-9-17/h4-12,20-21H,13-16H2,1-3H3,(H,29,32)/t20-,21-/m0/s1. The molecule has 0 aromatic heterocycles. The third-order valence-electron chi connectivity index (χ3n) is 5.64. The van der Waals surface area contributed by atoms with E-state index in [9.17, 15) is 22.8 Å². The zero-order chi connectivity index (χ0) is 23.5. The predicted octanol–water partition coefficient (Wildman–Crippen LogP) is 5.00. The first kappa shape index (κ1) is 23.8. The highest BCUT2D eigenvalue weighted by atomic mass is 19.4. The van der Waals surface area contributed by atoms with Crippen molar-refractivity contribution >= 4 is 11.8 Å². The van der Waals surface area contributed by atoms with Crippen LogP contribution in [0.5, 0.6) is 0 Å². The van der Waals surface area contributed by atoms with Crippen LogP contribution in [0.1, 0.15) is 49.8 Å². The highest BCUT2D eigenvalue weighted by Crippen LogP contribution is 2.37. The van der Waals surface area contributed by atoms with E-state index in [1.54, 1.807) is 11.0 Å². The number of halogens is 3. The number of alkyl halides is 3. The number of hydrogen-bond acceptors (Lipinski definition) is 2. The summed E-state index contributed by atoms with van der Waals surface area (Å²) in [7, 11) is 0. The monoisotopic (exact) mass is 446 g/mol. The maximum Gasteiger partial charge on any atom is 0.416 e. The molecule has 1 aliphatic heterocycles. The second-order valence-electron chi connectivity index (χ2n) is 9.58. The van der Waals surface area contributed by atoms with E-state index in [-0.39, 0.29) is 30.3 Å². The minimum atomic E-state index is -4.47. The van der Waals surface area contributed by atoms with Crippen molar-refractivity contribution in [2.75, 3.05) is 13.1 Å². The van der Waals surface area contributed by atoms with Gasteiger partial charge in [0, 0.05) is 32.0 Å². The van der Waals surface area contributed by atoms with Gasteiger partial charge in [0.15, 0.2) is 0 Å². The first-order chi connectivity index (χ1) is 14.9. The second kappa shape index (κ2) is 9.35. The van der Waals surface area contributed by atoms with Gasteiger partial charge in [0.05, 0.1) is 11.5 Å². The number of nitrogens with one attached hydrogen (secondary N) is 1. The van der Waals surface area contributed by atoms with Gasteiger partial charge in [-0.2, -0.15) is 13.2 Å². The van der Waals surface area contributed by atoms with Crippen LogP contribution in [0.2, 0.25) is 0 Å². The summed E-state index contributed by atoms with van der Waals surface area (Å²) >= 11 is 0. The minimum absolute atomic E-state index is 0.0900. The molecule has 1 fully saturated rings. The smallest absolute Gasteiger partial charge is 0.352 e. The second-order valence-corrected chi connectivity index (χ2v) is 9.58. The fourth-order valence-corrected chi connectivity index (χ4v) is 4.04. The van der Waals surface area contributed by atoms with Crippen LogP contribution in [0, 0.1) is 11.3 Å². The van der Waals surface area contributed by atoms with Crippen LogP contribution in [0.25, 0.3) is 0 Å². The molecule has 2 amide bonds. The number of rotatable bonds is 5. The van der Waals surface area contributed by atoms with Gasteiger partial charge in [0.1, 0.15) is 0 Å². The quantitative estimate of drug-likeness (QED) is 0.703. The number of hydrogen-bond donors (Lipinski definition) is 1. The Kier molecular flexibility index (Phi) is 6.96. The molecule has 0 spiro atoms. The molecule has 2 atom stereocenters. The summed E-state index contributed by atoms with van der Waals surface area (Å²) in [6.07, 6.45) is -4.16. The first-order valence-electron chi connectivity index (χ1n) is 10.7. The Morgan fingerprint density at radius 1 is 1.00 bits per heavy atom. The lowest BCUT2D eigenvalue weighted by molar-refractivity contribution is -0.137. The molecule has 7 heteroatoms. The maximum atomic E-state index is 13.3. The zero-order valence-corrected chi connectivity index (χ0v) is 18.6. The first-order valence-corrected chi connectivity index (χ1v) is 10.7. The van der Waals surface area contributed by atoms with E-state index >= 15 is 0 Å². The molecule has 0 radical (unpaired) electrons. The summed E-state index contributed by atoms with van der Waals surface area (Å²) in [4.78, 5) is 27.5. The van der Waals surface area contributed by atoms with Crippen molar-refractivity contribution in [1.82, 2.24) is 10.2 Å². The highest BCUT2D eigenvalue weighted by Gasteiger charge is 2.41. The molecule has 2 aromatic rings. The highest BCUT2D eigenvalue weighted by molar-refractivity contribution is 5.83. The molecule has 0 unspecified atom stereocenters. The molecule has 1 saturated heterocycles. The third-order valence-corrected chi connectivity index (χ3v) is 5.64. The van der Waals surface area contributed by atoms with E-state index in [2.05, 4.69) is 5.32 Å². The Labute approximate surface area is 186 Å². The van der Waals surface area contributed by atoms with Gasteiger partial charge in [-0.25, -0.2) is 0 Å². The Hall–Kier alpha value is -2.83. The lowest BCUT2D eigenvalue weighted by atomic mass is 9.87. The van der Waals surface area contributed by atoms with E-state index < -0.39 is 23.6 Å². The minimum Gasteiger partial charge on any atom is -0.352 e. The zero-order valence-electron chi connectivity index (χ0n) is 18.6. The number of amides is 2. The van der Waals surface area contributed by atoms with Gasteiger partial charge in [0.25, 0.3) is 0 Å². The average molecular weight is 447 g/mol. The van der Waals surface area contributed by atoms with Crippen molar-refractivity contribution in [3.8, 4) is 0 Å². The van der Waals surface area contributed by atoms with Crippen molar-refractivity contribution in [1.29, 1.82) is 0 Å².